The summed E-state index contributed by atoms with van der Waals surface area (Å²) < 4.78 is 5.07. The van der Waals surface area contributed by atoms with Crippen molar-refractivity contribution in [1.29, 1.82) is 0 Å². The maximum Gasteiger partial charge on any atom is 0.254 e. The fourth-order valence-corrected chi connectivity index (χ4v) is 3.98. The molecule has 1 aliphatic carbocycles. The molecule has 32 heavy (non-hydrogen) atoms. The van der Waals surface area contributed by atoms with Crippen LogP contribution in [0.5, 0.6) is 0 Å². The number of piperazine rings is 1. The number of nitrogens with zero attached hydrogens (tertiary/aromatic N) is 4. The number of carbonyl (C=O) groups excluding carboxylic acids is 2. The van der Waals surface area contributed by atoms with Crippen molar-refractivity contribution in [3.8, 4) is 22.5 Å². The lowest BCUT2D eigenvalue weighted by Crippen LogP contribution is -2.53. The van der Waals surface area contributed by atoms with Crippen molar-refractivity contribution in [2.24, 2.45) is 0 Å². The van der Waals surface area contributed by atoms with Crippen LogP contribution in [0, 0.1) is 6.92 Å². The molecule has 0 bridgehead atoms. The van der Waals surface area contributed by atoms with Crippen LogP contribution in [-0.4, -0.2) is 68.6 Å². The molecule has 8 nitrogen and oxygen atoms in total. The van der Waals surface area contributed by atoms with E-state index in [0.717, 1.165) is 16.7 Å². The van der Waals surface area contributed by atoms with Crippen molar-refractivity contribution in [1.82, 2.24) is 19.9 Å². The van der Waals surface area contributed by atoms with Gasteiger partial charge >= 0.3 is 0 Å². The van der Waals surface area contributed by atoms with Gasteiger partial charge in [-0.15, -0.1) is 0 Å². The summed E-state index contributed by atoms with van der Waals surface area (Å²) >= 11 is 0. The summed E-state index contributed by atoms with van der Waals surface area (Å²) in [6.45, 7) is 3.59. The van der Waals surface area contributed by atoms with Gasteiger partial charge in [-0.1, -0.05) is 35.5 Å². The van der Waals surface area contributed by atoms with Crippen LogP contribution >= 0.6 is 0 Å². The van der Waals surface area contributed by atoms with Crippen molar-refractivity contribution in [2.45, 2.75) is 25.4 Å². The standard InChI is InChI=1S/C24H24N4O4/c1-16-25-21(26-32-16)20-4-2-3-19(15-20)17-5-7-18(8-6-17)22(29)27-11-13-28(14-12-27)23(30)24(31)9-10-24/h2-8,15,31H,9-14H2,1H3. The van der Waals surface area contributed by atoms with Gasteiger partial charge in [0.05, 0.1) is 0 Å². The third kappa shape index (κ3) is 3.89. The van der Waals surface area contributed by atoms with Crippen molar-refractivity contribution in [2.75, 3.05) is 26.2 Å². The highest BCUT2D eigenvalue weighted by molar-refractivity contribution is 5.95. The first-order valence-electron chi connectivity index (χ1n) is 10.8. The molecule has 8 heteroatoms. The molecule has 3 aromatic rings. The normalized spacial score (nSPS) is 17.3. The van der Waals surface area contributed by atoms with Gasteiger partial charge in [-0.2, -0.15) is 4.98 Å². The minimum atomic E-state index is -1.15. The predicted octanol–water partition coefficient (Wildman–Crippen LogP) is 2.52. The van der Waals surface area contributed by atoms with E-state index in [0.29, 0.717) is 56.3 Å². The number of aliphatic hydroxyl groups is 1. The molecular formula is C24H24N4O4. The summed E-state index contributed by atoms with van der Waals surface area (Å²) in [6, 6.07) is 15.4. The summed E-state index contributed by atoms with van der Waals surface area (Å²) in [7, 11) is 0. The van der Waals surface area contributed by atoms with Crippen molar-refractivity contribution >= 4 is 11.8 Å². The third-order valence-electron chi connectivity index (χ3n) is 6.09. The molecule has 2 fully saturated rings. The maximum atomic E-state index is 12.9. The van der Waals surface area contributed by atoms with E-state index in [9.17, 15) is 14.7 Å². The Balaban J connectivity index is 1.25. The van der Waals surface area contributed by atoms with E-state index < -0.39 is 5.60 Å². The Morgan fingerprint density at radius 2 is 1.59 bits per heavy atom. The van der Waals surface area contributed by atoms with Gasteiger partial charge in [-0.25, -0.2) is 0 Å². The molecule has 0 atom stereocenters. The average molecular weight is 432 g/mol. The van der Waals surface area contributed by atoms with Crippen LogP contribution in [0.3, 0.4) is 0 Å². The smallest absolute Gasteiger partial charge is 0.254 e. The number of amides is 2. The van der Waals surface area contributed by atoms with E-state index in [1.54, 1.807) is 16.7 Å². The van der Waals surface area contributed by atoms with Gasteiger partial charge in [-0.05, 0) is 42.2 Å². The second-order valence-electron chi connectivity index (χ2n) is 8.41. The summed E-state index contributed by atoms with van der Waals surface area (Å²) in [5.41, 5.74) is 2.30. The SMILES string of the molecule is Cc1nc(-c2cccc(-c3ccc(C(=O)N4CCN(C(=O)C5(O)CC5)CC4)cc3)c2)no1. The minimum absolute atomic E-state index is 0.0511. The van der Waals surface area contributed by atoms with Gasteiger partial charge in [0.15, 0.2) is 0 Å². The number of rotatable bonds is 4. The molecule has 5 rings (SSSR count). The highest BCUT2D eigenvalue weighted by Crippen LogP contribution is 2.37. The zero-order valence-electron chi connectivity index (χ0n) is 17.8. The monoisotopic (exact) mass is 432 g/mol. The Hall–Kier alpha value is -3.52. The lowest BCUT2D eigenvalue weighted by molar-refractivity contribution is -0.143. The van der Waals surface area contributed by atoms with Crippen LogP contribution in [0.15, 0.2) is 53.1 Å². The molecule has 2 aliphatic rings. The van der Waals surface area contributed by atoms with Crippen LogP contribution in [0.2, 0.25) is 0 Å². The molecule has 0 radical (unpaired) electrons. The predicted molar refractivity (Wildman–Crippen MR) is 117 cm³/mol. The van der Waals surface area contributed by atoms with Crippen LogP contribution < -0.4 is 0 Å². The first-order chi connectivity index (χ1) is 15.4. The van der Waals surface area contributed by atoms with E-state index >= 15 is 0 Å². The first kappa shape index (κ1) is 20.4. The Bertz CT molecular complexity index is 1160. The third-order valence-corrected chi connectivity index (χ3v) is 6.09. The largest absolute Gasteiger partial charge is 0.380 e. The Kier molecular flexibility index (Phi) is 5.01. The topological polar surface area (TPSA) is 99.8 Å². The molecule has 1 aliphatic heterocycles. The fourth-order valence-electron chi connectivity index (χ4n) is 3.98. The lowest BCUT2D eigenvalue weighted by Gasteiger charge is -2.35. The molecular weight excluding hydrogens is 408 g/mol. The van der Waals surface area contributed by atoms with Gasteiger partial charge < -0.3 is 19.4 Å². The van der Waals surface area contributed by atoms with Crippen molar-refractivity contribution < 1.29 is 19.2 Å². The molecule has 2 amide bonds. The molecule has 164 valence electrons. The zero-order valence-corrected chi connectivity index (χ0v) is 17.8. The molecule has 1 aromatic heterocycles. The van der Waals surface area contributed by atoms with Crippen molar-refractivity contribution in [3.05, 3.63) is 60.0 Å². The summed E-state index contributed by atoms with van der Waals surface area (Å²) in [5, 5.41) is 14.0. The van der Waals surface area contributed by atoms with E-state index in [-0.39, 0.29) is 11.8 Å². The first-order valence-corrected chi connectivity index (χ1v) is 10.8. The Morgan fingerprint density at radius 3 is 2.22 bits per heavy atom. The molecule has 1 saturated heterocycles. The van der Waals surface area contributed by atoms with E-state index in [2.05, 4.69) is 10.1 Å². The number of carbonyl (C=O) groups is 2. The van der Waals surface area contributed by atoms with E-state index in [1.807, 2.05) is 48.5 Å². The molecule has 1 saturated carbocycles. The number of aromatic nitrogens is 2. The highest BCUT2D eigenvalue weighted by Gasteiger charge is 2.50. The second kappa shape index (κ2) is 7.87. The van der Waals surface area contributed by atoms with Crippen molar-refractivity contribution in [3.63, 3.8) is 0 Å². The fraction of sp³-hybridized carbons (Fsp3) is 0.333. The zero-order chi connectivity index (χ0) is 22.3. The number of benzene rings is 2. The molecule has 2 heterocycles. The molecule has 0 unspecified atom stereocenters. The average Bonchev–Trinajstić information content (AvgIpc) is 3.44. The van der Waals surface area contributed by atoms with Crippen LogP contribution in [0.4, 0.5) is 0 Å². The quantitative estimate of drug-likeness (QED) is 0.680. The summed E-state index contributed by atoms with van der Waals surface area (Å²) in [4.78, 5) is 32.9. The van der Waals surface area contributed by atoms with Gasteiger partial charge in [0, 0.05) is 44.2 Å². The second-order valence-corrected chi connectivity index (χ2v) is 8.41. The van der Waals surface area contributed by atoms with E-state index in [1.165, 1.54) is 0 Å². The highest BCUT2D eigenvalue weighted by atomic mass is 16.5. The van der Waals surface area contributed by atoms with Crippen LogP contribution in [0.1, 0.15) is 29.1 Å². The summed E-state index contributed by atoms with van der Waals surface area (Å²) in [6.07, 6.45) is 1.07. The van der Waals surface area contributed by atoms with Crippen LogP contribution in [-0.2, 0) is 4.79 Å². The lowest BCUT2D eigenvalue weighted by atomic mass is 10.0. The van der Waals surface area contributed by atoms with E-state index in [4.69, 9.17) is 4.52 Å². The molecule has 0 spiro atoms. The summed E-state index contributed by atoms with van der Waals surface area (Å²) in [5.74, 6) is 0.807. The Morgan fingerprint density at radius 1 is 0.938 bits per heavy atom. The van der Waals surface area contributed by atoms with Gasteiger partial charge in [0.25, 0.3) is 11.8 Å². The van der Waals surface area contributed by atoms with Gasteiger partial charge in [0.2, 0.25) is 11.7 Å². The maximum absolute atomic E-state index is 12.9. The number of aryl methyl sites for hydroxylation is 1. The van der Waals surface area contributed by atoms with Gasteiger partial charge in [0.1, 0.15) is 5.60 Å². The number of hydrogen-bond acceptors (Lipinski definition) is 6. The number of hydrogen-bond donors (Lipinski definition) is 1. The minimum Gasteiger partial charge on any atom is -0.380 e. The molecule has 2 aromatic carbocycles. The Labute approximate surface area is 185 Å². The van der Waals surface area contributed by atoms with Gasteiger partial charge in [-0.3, -0.25) is 9.59 Å². The molecule has 1 N–H and O–H groups in total. The van der Waals surface area contributed by atoms with Crippen LogP contribution in [0.25, 0.3) is 22.5 Å².